The maximum absolute atomic E-state index is 13.8. The van der Waals surface area contributed by atoms with E-state index in [1.165, 1.54) is 0 Å². The largest absolute Gasteiger partial charge is 0.497 e. The van der Waals surface area contributed by atoms with Gasteiger partial charge in [-0.05, 0) is 66.8 Å². The van der Waals surface area contributed by atoms with Gasteiger partial charge < -0.3 is 24.3 Å². The lowest BCUT2D eigenvalue weighted by molar-refractivity contribution is -0.140. The maximum atomic E-state index is 13.8. The lowest BCUT2D eigenvalue weighted by atomic mass is 9.71. The van der Waals surface area contributed by atoms with Crippen LogP contribution in [-0.2, 0) is 14.3 Å². The lowest BCUT2D eigenvalue weighted by Gasteiger charge is -2.36. The van der Waals surface area contributed by atoms with Crippen molar-refractivity contribution >= 4 is 11.8 Å². The third-order valence-corrected chi connectivity index (χ3v) is 7.41. The summed E-state index contributed by atoms with van der Waals surface area (Å²) in [5, 5.41) is 3.40. The quantitative estimate of drug-likeness (QED) is 0.276. The number of carbonyl (C=O) groups is 2. The lowest BCUT2D eigenvalue weighted by Crippen LogP contribution is -2.36. The summed E-state index contributed by atoms with van der Waals surface area (Å²) in [7, 11) is 3.24. The zero-order chi connectivity index (χ0) is 28.1. The van der Waals surface area contributed by atoms with Gasteiger partial charge in [-0.15, -0.1) is 0 Å². The molecule has 0 unspecified atom stereocenters. The van der Waals surface area contributed by atoms with Gasteiger partial charge in [0.15, 0.2) is 5.78 Å². The summed E-state index contributed by atoms with van der Waals surface area (Å²) in [5.41, 5.74) is 4.48. The van der Waals surface area contributed by atoms with Crippen LogP contribution in [0, 0.1) is 0 Å². The molecule has 0 aromatic heterocycles. The van der Waals surface area contributed by atoms with Crippen LogP contribution < -0.4 is 19.5 Å². The standard InChI is InChI=1S/C33H33NO6/c1-21-30(33(36)40-18-17-39-27-7-5-4-6-8-27)31(23-11-15-26(38-3)16-12-23)32-28(34-21)19-24(20-29(32)35)22-9-13-25(37-2)14-10-22/h4-16,24,31,34H,17-20H2,1-3H3/t24-,31-/m1/s1. The van der Waals surface area contributed by atoms with Gasteiger partial charge in [-0.25, -0.2) is 4.79 Å². The summed E-state index contributed by atoms with van der Waals surface area (Å²) in [6.45, 7) is 2.16. The molecule has 3 aromatic carbocycles. The predicted octanol–water partition coefficient (Wildman–Crippen LogP) is 5.69. The van der Waals surface area contributed by atoms with Gasteiger partial charge in [-0.3, -0.25) is 4.79 Å². The molecule has 0 amide bonds. The number of rotatable bonds is 9. The third-order valence-electron chi connectivity index (χ3n) is 7.41. The SMILES string of the molecule is COc1ccc([C@H]2CC(=O)C3=C(C2)NC(C)=C(C(=O)OCCOc2ccccc2)[C@H]3c2ccc(OC)cc2)cc1. The minimum atomic E-state index is -0.547. The normalized spacial score (nSPS) is 18.5. The zero-order valence-corrected chi connectivity index (χ0v) is 22.9. The molecule has 0 fully saturated rings. The number of methoxy groups -OCH3 is 2. The summed E-state index contributed by atoms with van der Waals surface area (Å²) >= 11 is 0. The van der Waals surface area contributed by atoms with E-state index >= 15 is 0 Å². The first-order chi connectivity index (χ1) is 19.5. The van der Waals surface area contributed by atoms with Gasteiger partial charge >= 0.3 is 5.97 Å². The van der Waals surface area contributed by atoms with Crippen LogP contribution in [0.25, 0.3) is 0 Å². The first-order valence-electron chi connectivity index (χ1n) is 13.4. The molecule has 206 valence electrons. The second kappa shape index (κ2) is 12.1. The minimum Gasteiger partial charge on any atom is -0.497 e. The van der Waals surface area contributed by atoms with E-state index in [0.717, 1.165) is 22.6 Å². The van der Waals surface area contributed by atoms with Crippen LogP contribution in [0.2, 0.25) is 0 Å². The Morgan fingerprint density at radius 3 is 2.05 bits per heavy atom. The molecule has 1 aliphatic carbocycles. The van der Waals surface area contributed by atoms with Crippen LogP contribution in [0.15, 0.2) is 101 Å². The molecule has 7 nitrogen and oxygen atoms in total. The summed E-state index contributed by atoms with van der Waals surface area (Å²) in [5.74, 6) is 1.20. The van der Waals surface area contributed by atoms with Gasteiger partial charge in [0.2, 0.25) is 0 Å². The smallest absolute Gasteiger partial charge is 0.336 e. The molecule has 0 bridgehead atoms. The number of allylic oxidation sites excluding steroid dienone is 3. The van der Waals surface area contributed by atoms with Crippen molar-refractivity contribution in [3.63, 3.8) is 0 Å². The van der Waals surface area contributed by atoms with E-state index in [9.17, 15) is 9.59 Å². The van der Waals surface area contributed by atoms with Crippen LogP contribution in [0.3, 0.4) is 0 Å². The van der Waals surface area contributed by atoms with E-state index in [1.807, 2.05) is 85.8 Å². The van der Waals surface area contributed by atoms with E-state index < -0.39 is 11.9 Å². The van der Waals surface area contributed by atoms with Crippen LogP contribution in [0.1, 0.15) is 42.7 Å². The van der Waals surface area contributed by atoms with Crippen molar-refractivity contribution in [2.45, 2.75) is 31.6 Å². The third kappa shape index (κ3) is 5.73. The van der Waals surface area contributed by atoms with E-state index in [4.69, 9.17) is 18.9 Å². The van der Waals surface area contributed by atoms with Crippen molar-refractivity contribution < 1.29 is 28.5 Å². The summed E-state index contributed by atoms with van der Waals surface area (Å²) in [6, 6.07) is 24.7. The van der Waals surface area contributed by atoms with Crippen molar-refractivity contribution in [1.82, 2.24) is 5.32 Å². The van der Waals surface area contributed by atoms with Gasteiger partial charge in [0.05, 0.1) is 19.8 Å². The maximum Gasteiger partial charge on any atom is 0.336 e. The molecule has 0 saturated carbocycles. The highest BCUT2D eigenvalue weighted by Gasteiger charge is 2.41. The fourth-order valence-corrected chi connectivity index (χ4v) is 5.44. The number of ether oxygens (including phenoxy) is 4. The second-order valence-corrected chi connectivity index (χ2v) is 9.86. The van der Waals surface area contributed by atoms with Crippen molar-refractivity contribution in [3.8, 4) is 17.2 Å². The Morgan fingerprint density at radius 1 is 0.800 bits per heavy atom. The van der Waals surface area contributed by atoms with Crippen molar-refractivity contribution in [1.29, 1.82) is 0 Å². The predicted molar refractivity (Wildman–Crippen MR) is 151 cm³/mol. The van der Waals surface area contributed by atoms with Crippen LogP contribution in [0.4, 0.5) is 0 Å². The Labute approximate surface area is 234 Å². The molecule has 0 saturated heterocycles. The topological polar surface area (TPSA) is 83.1 Å². The molecule has 2 atom stereocenters. The number of ketones is 1. The molecule has 7 heteroatoms. The zero-order valence-electron chi connectivity index (χ0n) is 22.9. The first kappa shape index (κ1) is 27.1. The molecular weight excluding hydrogens is 506 g/mol. The molecule has 1 heterocycles. The number of dihydropyridines is 1. The Kier molecular flexibility index (Phi) is 8.20. The molecule has 1 aliphatic heterocycles. The van der Waals surface area contributed by atoms with Gasteiger partial charge in [0, 0.05) is 29.3 Å². The number of esters is 1. The molecule has 40 heavy (non-hydrogen) atoms. The molecular formula is C33H33NO6. The van der Waals surface area contributed by atoms with Crippen LogP contribution >= 0.6 is 0 Å². The average molecular weight is 540 g/mol. The van der Waals surface area contributed by atoms with E-state index in [2.05, 4.69) is 5.32 Å². The average Bonchev–Trinajstić information content (AvgIpc) is 2.99. The molecule has 0 spiro atoms. The molecule has 3 aromatic rings. The Hall–Kier alpha value is -4.52. The Balaban J connectivity index is 1.41. The molecule has 5 rings (SSSR count). The molecule has 1 N–H and O–H groups in total. The minimum absolute atomic E-state index is 0.0144. The molecule has 0 radical (unpaired) electrons. The second-order valence-electron chi connectivity index (χ2n) is 9.86. The Bertz CT molecular complexity index is 1420. The monoisotopic (exact) mass is 539 g/mol. The summed E-state index contributed by atoms with van der Waals surface area (Å²) in [4.78, 5) is 27.3. The van der Waals surface area contributed by atoms with Crippen molar-refractivity contribution in [2.75, 3.05) is 27.4 Å². The number of nitrogens with one attached hydrogen (secondary N) is 1. The number of benzene rings is 3. The number of Topliss-reactive ketones (excluding diaryl/α,β-unsaturated/α-hetero) is 1. The van der Waals surface area contributed by atoms with Crippen LogP contribution in [0.5, 0.6) is 17.2 Å². The molecule has 2 aliphatic rings. The van der Waals surface area contributed by atoms with E-state index in [1.54, 1.807) is 14.2 Å². The fraction of sp³-hybridized carbons (Fsp3) is 0.273. The van der Waals surface area contributed by atoms with E-state index in [0.29, 0.717) is 41.2 Å². The van der Waals surface area contributed by atoms with Crippen molar-refractivity contribution in [3.05, 3.63) is 113 Å². The van der Waals surface area contributed by atoms with Gasteiger partial charge in [0.1, 0.15) is 30.5 Å². The highest BCUT2D eigenvalue weighted by atomic mass is 16.6. The first-order valence-corrected chi connectivity index (χ1v) is 13.4. The highest BCUT2D eigenvalue weighted by molar-refractivity contribution is 6.04. The number of carbonyl (C=O) groups excluding carboxylic acids is 2. The van der Waals surface area contributed by atoms with E-state index in [-0.39, 0.29) is 24.9 Å². The summed E-state index contributed by atoms with van der Waals surface area (Å²) in [6.07, 6.45) is 1.01. The van der Waals surface area contributed by atoms with Gasteiger partial charge in [0.25, 0.3) is 0 Å². The fourth-order valence-electron chi connectivity index (χ4n) is 5.44. The highest BCUT2D eigenvalue weighted by Crippen LogP contribution is 2.46. The summed E-state index contributed by atoms with van der Waals surface area (Å²) < 4.78 is 22.0. The van der Waals surface area contributed by atoms with Crippen LogP contribution in [-0.4, -0.2) is 39.2 Å². The number of hydrogen-bond acceptors (Lipinski definition) is 7. The van der Waals surface area contributed by atoms with Crippen molar-refractivity contribution in [2.24, 2.45) is 0 Å². The Morgan fingerprint density at radius 2 is 1.43 bits per heavy atom. The number of hydrogen-bond donors (Lipinski definition) is 1. The number of para-hydroxylation sites is 1. The van der Waals surface area contributed by atoms with Gasteiger partial charge in [-0.1, -0.05) is 42.5 Å². The van der Waals surface area contributed by atoms with Gasteiger partial charge in [-0.2, -0.15) is 0 Å².